The number of fused-ring (bicyclic) bond motifs is 1. The Balaban J connectivity index is 2.10. The fraction of sp³-hybridized carbons (Fsp3) is 0.500. The van der Waals surface area contributed by atoms with E-state index in [-0.39, 0.29) is 17.8 Å². The number of rotatable bonds is 5. The van der Waals surface area contributed by atoms with Crippen molar-refractivity contribution in [3.63, 3.8) is 0 Å². The Morgan fingerprint density at radius 2 is 2.16 bits per heavy atom. The van der Waals surface area contributed by atoms with Crippen LogP contribution in [0.4, 0.5) is 0 Å². The molecular weight excluding hydrogens is 244 g/mol. The second-order valence-corrected chi connectivity index (χ2v) is 5.65. The molecule has 0 spiro atoms. The third-order valence-electron chi connectivity index (χ3n) is 3.22. The van der Waals surface area contributed by atoms with E-state index in [9.17, 15) is 9.90 Å². The number of aliphatic hydroxyl groups is 1. The number of oxazole rings is 1. The Kier molecular flexibility index (Phi) is 3.78. The van der Waals surface area contributed by atoms with Crippen LogP contribution in [0.15, 0.2) is 27.4 Å². The second kappa shape index (κ2) is 5.19. The van der Waals surface area contributed by atoms with Gasteiger partial charge in [0.25, 0.3) is 0 Å². The van der Waals surface area contributed by atoms with Crippen molar-refractivity contribution >= 4 is 11.1 Å². The van der Waals surface area contributed by atoms with Crippen LogP contribution in [0.5, 0.6) is 0 Å². The van der Waals surface area contributed by atoms with Crippen LogP contribution in [0.3, 0.4) is 0 Å². The number of hydrogen-bond donors (Lipinski definition) is 2. The van der Waals surface area contributed by atoms with Crippen molar-refractivity contribution in [3.05, 3.63) is 34.3 Å². The third-order valence-corrected chi connectivity index (χ3v) is 3.22. The minimum absolute atomic E-state index is 0.132. The van der Waals surface area contributed by atoms with E-state index in [1.54, 1.807) is 7.05 Å². The Morgan fingerprint density at radius 1 is 1.42 bits per heavy atom. The first kappa shape index (κ1) is 13.8. The maximum atomic E-state index is 11.4. The summed E-state index contributed by atoms with van der Waals surface area (Å²) in [5, 5.41) is 12.5. The Bertz CT molecular complexity index is 625. The molecule has 0 fully saturated rings. The van der Waals surface area contributed by atoms with E-state index in [4.69, 9.17) is 4.42 Å². The second-order valence-electron chi connectivity index (χ2n) is 5.65. The quantitative estimate of drug-likeness (QED) is 0.852. The van der Waals surface area contributed by atoms with E-state index in [1.807, 2.05) is 32.0 Å². The van der Waals surface area contributed by atoms with Crippen molar-refractivity contribution in [2.24, 2.45) is 12.5 Å². The Hall–Kier alpha value is -1.59. The lowest BCUT2D eigenvalue weighted by Gasteiger charge is -2.21. The molecule has 0 radical (unpaired) electrons. The van der Waals surface area contributed by atoms with Crippen molar-refractivity contribution in [2.75, 3.05) is 13.2 Å². The molecule has 104 valence electrons. The van der Waals surface area contributed by atoms with Gasteiger partial charge in [-0.05, 0) is 17.7 Å². The number of benzene rings is 1. The first-order valence-electron chi connectivity index (χ1n) is 6.33. The fourth-order valence-corrected chi connectivity index (χ4v) is 1.88. The lowest BCUT2D eigenvalue weighted by molar-refractivity contribution is 0.156. The van der Waals surface area contributed by atoms with Gasteiger partial charge in [0, 0.05) is 32.2 Å². The SMILES string of the molecule is Cn1c(=O)oc2ccc(CNCC(C)(C)CO)cc21. The number of hydrogen-bond acceptors (Lipinski definition) is 4. The molecule has 0 aliphatic rings. The average molecular weight is 264 g/mol. The van der Waals surface area contributed by atoms with Gasteiger partial charge < -0.3 is 14.8 Å². The summed E-state index contributed by atoms with van der Waals surface area (Å²) in [6.07, 6.45) is 0. The average Bonchev–Trinajstić information content (AvgIpc) is 2.65. The monoisotopic (exact) mass is 264 g/mol. The molecule has 5 heteroatoms. The van der Waals surface area contributed by atoms with E-state index in [0.29, 0.717) is 12.1 Å². The van der Waals surface area contributed by atoms with E-state index < -0.39 is 0 Å². The molecule has 2 N–H and O–H groups in total. The van der Waals surface area contributed by atoms with Crippen LogP contribution in [0.25, 0.3) is 11.1 Å². The number of aromatic nitrogens is 1. The highest BCUT2D eigenvalue weighted by atomic mass is 16.4. The van der Waals surface area contributed by atoms with Crippen LogP contribution in [0.2, 0.25) is 0 Å². The topological polar surface area (TPSA) is 67.4 Å². The fourth-order valence-electron chi connectivity index (χ4n) is 1.88. The molecule has 0 amide bonds. The maximum Gasteiger partial charge on any atom is 0.419 e. The zero-order valence-electron chi connectivity index (χ0n) is 11.6. The van der Waals surface area contributed by atoms with Crippen LogP contribution in [-0.2, 0) is 13.6 Å². The van der Waals surface area contributed by atoms with E-state index in [0.717, 1.165) is 17.6 Å². The highest BCUT2D eigenvalue weighted by Gasteiger charge is 2.15. The molecule has 1 aromatic carbocycles. The van der Waals surface area contributed by atoms with E-state index in [1.165, 1.54) is 4.57 Å². The lowest BCUT2D eigenvalue weighted by atomic mass is 9.95. The number of aryl methyl sites for hydroxylation is 1. The summed E-state index contributed by atoms with van der Waals surface area (Å²) < 4.78 is 6.58. The maximum absolute atomic E-state index is 11.4. The summed E-state index contributed by atoms with van der Waals surface area (Å²) in [7, 11) is 1.69. The summed E-state index contributed by atoms with van der Waals surface area (Å²) >= 11 is 0. The molecule has 1 aromatic heterocycles. The smallest absolute Gasteiger partial charge is 0.408 e. The van der Waals surface area contributed by atoms with Gasteiger partial charge in [0.05, 0.1) is 5.52 Å². The zero-order chi connectivity index (χ0) is 14.0. The van der Waals surface area contributed by atoms with Crippen molar-refractivity contribution in [3.8, 4) is 0 Å². The van der Waals surface area contributed by atoms with Crippen molar-refractivity contribution in [1.29, 1.82) is 0 Å². The predicted octanol–water partition coefficient (Wildman–Crippen LogP) is 1.24. The summed E-state index contributed by atoms with van der Waals surface area (Å²) in [5.41, 5.74) is 2.35. The van der Waals surface area contributed by atoms with Gasteiger partial charge in [-0.25, -0.2) is 4.79 Å². The molecule has 0 saturated carbocycles. The van der Waals surface area contributed by atoms with Crippen molar-refractivity contribution in [2.45, 2.75) is 20.4 Å². The predicted molar refractivity (Wildman–Crippen MR) is 74.0 cm³/mol. The van der Waals surface area contributed by atoms with Gasteiger partial charge in [-0.15, -0.1) is 0 Å². The molecule has 0 saturated heterocycles. The molecule has 0 bridgehead atoms. The highest BCUT2D eigenvalue weighted by molar-refractivity contribution is 5.73. The van der Waals surface area contributed by atoms with E-state index >= 15 is 0 Å². The lowest BCUT2D eigenvalue weighted by Crippen LogP contribution is -2.31. The minimum atomic E-state index is -0.346. The third kappa shape index (κ3) is 3.05. The minimum Gasteiger partial charge on any atom is -0.408 e. The molecule has 0 aliphatic heterocycles. The molecule has 2 rings (SSSR count). The van der Waals surface area contributed by atoms with Gasteiger partial charge in [0.1, 0.15) is 0 Å². The van der Waals surface area contributed by atoms with Crippen LogP contribution >= 0.6 is 0 Å². The standard InChI is InChI=1S/C14H20N2O3/c1-14(2,9-17)8-15-7-10-4-5-12-11(6-10)16(3)13(18)19-12/h4-6,15,17H,7-9H2,1-3H3. The molecule has 0 unspecified atom stereocenters. The summed E-state index contributed by atoms with van der Waals surface area (Å²) in [5.74, 6) is -0.346. The van der Waals surface area contributed by atoms with Crippen molar-refractivity contribution in [1.82, 2.24) is 9.88 Å². The largest absolute Gasteiger partial charge is 0.419 e. The van der Waals surface area contributed by atoms with Crippen LogP contribution < -0.4 is 11.1 Å². The summed E-state index contributed by atoms with van der Waals surface area (Å²) in [6.45, 7) is 5.58. The van der Waals surface area contributed by atoms with Gasteiger partial charge in [0.2, 0.25) is 0 Å². The Morgan fingerprint density at radius 3 is 2.84 bits per heavy atom. The van der Waals surface area contributed by atoms with Gasteiger partial charge in [-0.3, -0.25) is 4.57 Å². The number of aliphatic hydroxyl groups excluding tert-OH is 1. The number of nitrogens with one attached hydrogen (secondary N) is 1. The van der Waals surface area contributed by atoms with Gasteiger partial charge in [0.15, 0.2) is 5.58 Å². The van der Waals surface area contributed by atoms with Gasteiger partial charge in [-0.1, -0.05) is 19.9 Å². The highest BCUT2D eigenvalue weighted by Crippen LogP contribution is 2.15. The molecule has 0 aliphatic carbocycles. The van der Waals surface area contributed by atoms with Crippen LogP contribution in [0.1, 0.15) is 19.4 Å². The molecule has 5 nitrogen and oxygen atoms in total. The first-order valence-corrected chi connectivity index (χ1v) is 6.33. The zero-order valence-corrected chi connectivity index (χ0v) is 11.6. The number of nitrogens with zero attached hydrogens (tertiary/aromatic N) is 1. The van der Waals surface area contributed by atoms with Crippen LogP contribution in [-0.4, -0.2) is 22.8 Å². The summed E-state index contributed by atoms with van der Waals surface area (Å²) in [6, 6.07) is 5.69. The Labute approximate surface area is 111 Å². The molecule has 2 aromatic rings. The summed E-state index contributed by atoms with van der Waals surface area (Å²) in [4.78, 5) is 11.4. The first-order chi connectivity index (χ1) is 8.93. The molecule has 1 heterocycles. The van der Waals surface area contributed by atoms with E-state index in [2.05, 4.69) is 5.32 Å². The van der Waals surface area contributed by atoms with Crippen molar-refractivity contribution < 1.29 is 9.52 Å². The normalized spacial score (nSPS) is 12.2. The van der Waals surface area contributed by atoms with Crippen LogP contribution in [0, 0.1) is 5.41 Å². The molecule has 0 atom stereocenters. The molecular formula is C14H20N2O3. The molecule has 19 heavy (non-hydrogen) atoms. The van der Waals surface area contributed by atoms with Gasteiger partial charge >= 0.3 is 5.76 Å². The van der Waals surface area contributed by atoms with Gasteiger partial charge in [-0.2, -0.15) is 0 Å².